The summed E-state index contributed by atoms with van der Waals surface area (Å²) < 4.78 is 17.8. The molecule has 3 rings (SSSR count). The zero-order valence-corrected chi connectivity index (χ0v) is 13.8. The molecule has 6 heteroatoms. The van der Waals surface area contributed by atoms with Crippen LogP contribution in [-0.4, -0.2) is 15.8 Å². The number of nitrogens with zero attached hydrogens (tertiary/aromatic N) is 1. The highest BCUT2D eigenvalue weighted by Gasteiger charge is 2.21. The molecule has 0 amide bonds. The maximum absolute atomic E-state index is 12.2. The fourth-order valence-corrected chi connectivity index (χ4v) is 4.69. The number of ether oxygens (including phenoxy) is 1. The second kappa shape index (κ2) is 7.01. The van der Waals surface area contributed by atoms with Crippen molar-refractivity contribution in [3.8, 4) is 0 Å². The summed E-state index contributed by atoms with van der Waals surface area (Å²) in [7, 11) is -0.974. The van der Waals surface area contributed by atoms with Crippen molar-refractivity contribution in [3.63, 3.8) is 0 Å². The van der Waals surface area contributed by atoms with Gasteiger partial charge in [0.05, 0.1) is 11.4 Å². The van der Waals surface area contributed by atoms with Crippen LogP contribution in [0.5, 0.6) is 0 Å². The quantitative estimate of drug-likeness (QED) is 0.822. The number of aromatic nitrogens is 1. The Kier molecular flexibility index (Phi) is 5.06. The van der Waals surface area contributed by atoms with Gasteiger partial charge in [-0.05, 0) is 30.5 Å². The molecule has 1 aliphatic rings. The molecule has 0 radical (unpaired) electrons. The molecule has 3 nitrogen and oxygen atoms in total. The summed E-state index contributed by atoms with van der Waals surface area (Å²) in [6.45, 7) is 0.820. The van der Waals surface area contributed by atoms with Crippen LogP contribution in [-0.2, 0) is 27.0 Å². The highest BCUT2D eigenvalue weighted by atomic mass is 35.5. The highest BCUT2D eigenvalue weighted by molar-refractivity contribution is 7.83. The summed E-state index contributed by atoms with van der Waals surface area (Å²) in [6, 6.07) is 7.51. The van der Waals surface area contributed by atoms with Crippen molar-refractivity contribution in [1.82, 2.24) is 4.98 Å². The van der Waals surface area contributed by atoms with E-state index in [4.69, 9.17) is 16.3 Å². The number of hydrogen-bond acceptors (Lipinski definition) is 4. The van der Waals surface area contributed by atoms with E-state index in [0.29, 0.717) is 16.5 Å². The van der Waals surface area contributed by atoms with E-state index in [-0.39, 0.29) is 6.10 Å². The summed E-state index contributed by atoms with van der Waals surface area (Å²) in [5.74, 6) is 0.989. The first-order chi connectivity index (χ1) is 10.2. The fraction of sp³-hybridized carbons (Fsp3) is 0.400. The average Bonchev–Trinajstić information content (AvgIpc) is 3.08. The Balaban J connectivity index is 1.59. The average molecular weight is 342 g/mol. The second-order valence-corrected chi connectivity index (χ2v) is 7.82. The smallest absolute Gasteiger partial charge is 0.122 e. The number of halogens is 1. The van der Waals surface area contributed by atoms with Gasteiger partial charge < -0.3 is 4.74 Å². The SMILES string of the molecule is O=S(Cc1cccc(Cl)c1)Cc1csc(C2CCCO2)n1. The molecule has 112 valence electrons. The van der Waals surface area contributed by atoms with Gasteiger partial charge in [-0.25, -0.2) is 4.98 Å². The number of benzene rings is 1. The molecular weight excluding hydrogens is 326 g/mol. The van der Waals surface area contributed by atoms with E-state index >= 15 is 0 Å². The van der Waals surface area contributed by atoms with Crippen LogP contribution < -0.4 is 0 Å². The Morgan fingerprint density at radius 2 is 2.33 bits per heavy atom. The number of thiazole rings is 1. The lowest BCUT2D eigenvalue weighted by Crippen LogP contribution is -2.01. The van der Waals surface area contributed by atoms with E-state index < -0.39 is 10.8 Å². The molecule has 0 N–H and O–H groups in total. The minimum absolute atomic E-state index is 0.144. The Labute approximate surface area is 135 Å². The monoisotopic (exact) mass is 341 g/mol. The maximum atomic E-state index is 12.2. The first-order valence-electron chi connectivity index (χ1n) is 6.86. The minimum atomic E-state index is -0.974. The van der Waals surface area contributed by atoms with Crippen LogP contribution in [0, 0.1) is 0 Å². The van der Waals surface area contributed by atoms with E-state index in [1.165, 1.54) is 0 Å². The largest absolute Gasteiger partial charge is 0.371 e. The zero-order chi connectivity index (χ0) is 14.7. The van der Waals surface area contributed by atoms with Gasteiger partial charge >= 0.3 is 0 Å². The van der Waals surface area contributed by atoms with Crippen molar-refractivity contribution in [3.05, 3.63) is 50.9 Å². The van der Waals surface area contributed by atoms with Gasteiger partial charge in [0.1, 0.15) is 11.1 Å². The minimum Gasteiger partial charge on any atom is -0.371 e. The molecule has 1 saturated heterocycles. The van der Waals surface area contributed by atoms with Crippen molar-refractivity contribution in [2.75, 3.05) is 6.61 Å². The van der Waals surface area contributed by atoms with Crippen LogP contribution in [0.15, 0.2) is 29.6 Å². The molecule has 0 saturated carbocycles. The maximum Gasteiger partial charge on any atom is 0.122 e. The molecule has 2 aromatic rings. The summed E-state index contributed by atoms with van der Waals surface area (Å²) in [4.78, 5) is 4.57. The Morgan fingerprint density at radius 3 is 3.10 bits per heavy atom. The predicted molar refractivity (Wildman–Crippen MR) is 87.0 cm³/mol. The topological polar surface area (TPSA) is 39.2 Å². The van der Waals surface area contributed by atoms with Crippen LogP contribution in [0.1, 0.15) is 35.2 Å². The Morgan fingerprint density at radius 1 is 1.43 bits per heavy atom. The summed E-state index contributed by atoms with van der Waals surface area (Å²) in [6.07, 6.45) is 2.28. The summed E-state index contributed by atoms with van der Waals surface area (Å²) in [5, 5.41) is 3.69. The van der Waals surface area contributed by atoms with Crippen LogP contribution in [0.25, 0.3) is 0 Å². The van der Waals surface area contributed by atoms with Crippen molar-refractivity contribution in [2.45, 2.75) is 30.5 Å². The van der Waals surface area contributed by atoms with Crippen LogP contribution in [0.4, 0.5) is 0 Å². The van der Waals surface area contributed by atoms with Crippen molar-refractivity contribution < 1.29 is 8.95 Å². The van der Waals surface area contributed by atoms with Gasteiger partial charge in [-0.1, -0.05) is 23.7 Å². The van der Waals surface area contributed by atoms with Crippen molar-refractivity contribution in [1.29, 1.82) is 0 Å². The van der Waals surface area contributed by atoms with E-state index in [0.717, 1.165) is 35.7 Å². The van der Waals surface area contributed by atoms with E-state index in [1.807, 2.05) is 29.6 Å². The van der Waals surface area contributed by atoms with Crippen molar-refractivity contribution >= 4 is 33.7 Å². The fourth-order valence-electron chi connectivity index (χ4n) is 2.34. The van der Waals surface area contributed by atoms with E-state index in [9.17, 15) is 4.21 Å². The highest BCUT2D eigenvalue weighted by Crippen LogP contribution is 2.30. The zero-order valence-electron chi connectivity index (χ0n) is 11.5. The number of rotatable bonds is 5. The molecule has 0 aliphatic carbocycles. The third-order valence-electron chi connectivity index (χ3n) is 3.30. The van der Waals surface area contributed by atoms with E-state index in [2.05, 4.69) is 4.98 Å². The Bertz CT molecular complexity index is 638. The molecule has 0 spiro atoms. The van der Waals surface area contributed by atoms with Gasteiger partial charge in [0.2, 0.25) is 0 Å². The molecule has 1 aromatic carbocycles. The molecule has 2 heterocycles. The second-order valence-electron chi connectivity index (χ2n) is 5.04. The predicted octanol–water partition coefficient (Wildman–Crippen LogP) is 4.10. The van der Waals surface area contributed by atoms with E-state index in [1.54, 1.807) is 11.3 Å². The molecule has 1 aliphatic heterocycles. The van der Waals surface area contributed by atoms with Gasteiger partial charge in [0, 0.05) is 33.6 Å². The van der Waals surface area contributed by atoms with Gasteiger partial charge in [0.25, 0.3) is 0 Å². The third kappa shape index (κ3) is 4.13. The normalized spacial score (nSPS) is 19.8. The van der Waals surface area contributed by atoms with Crippen LogP contribution >= 0.6 is 22.9 Å². The molecule has 2 unspecified atom stereocenters. The lowest BCUT2D eigenvalue weighted by atomic mass is 10.2. The van der Waals surface area contributed by atoms with Crippen LogP contribution in [0.2, 0.25) is 5.02 Å². The number of hydrogen-bond donors (Lipinski definition) is 0. The summed E-state index contributed by atoms with van der Waals surface area (Å²) >= 11 is 7.55. The molecule has 1 fully saturated rings. The van der Waals surface area contributed by atoms with Gasteiger partial charge in [0.15, 0.2) is 0 Å². The van der Waals surface area contributed by atoms with Crippen LogP contribution in [0.3, 0.4) is 0 Å². The van der Waals surface area contributed by atoms with Gasteiger partial charge in [-0.2, -0.15) is 0 Å². The lowest BCUT2D eigenvalue weighted by Gasteiger charge is -2.04. The van der Waals surface area contributed by atoms with Crippen molar-refractivity contribution in [2.24, 2.45) is 0 Å². The first kappa shape index (κ1) is 15.2. The third-order valence-corrected chi connectivity index (χ3v) is 5.79. The molecule has 2 atom stereocenters. The molecular formula is C15H16ClNO2S2. The standard InChI is InChI=1S/C15H16ClNO2S2/c16-12-4-1-3-11(7-12)9-21(18)10-13-8-20-15(17-13)14-5-2-6-19-14/h1,3-4,7-8,14H,2,5-6,9-10H2. The van der Waals surface area contributed by atoms with Gasteiger partial charge in [-0.15, -0.1) is 11.3 Å². The molecule has 0 bridgehead atoms. The molecule has 1 aromatic heterocycles. The lowest BCUT2D eigenvalue weighted by molar-refractivity contribution is 0.111. The molecule has 21 heavy (non-hydrogen) atoms. The summed E-state index contributed by atoms with van der Waals surface area (Å²) in [5.41, 5.74) is 1.89. The Hall–Kier alpha value is -0.750. The first-order valence-corrected chi connectivity index (χ1v) is 9.60. The van der Waals surface area contributed by atoms with Gasteiger partial charge in [-0.3, -0.25) is 4.21 Å².